The Hall–Kier alpha value is -4.44. The molecule has 1 amide bonds. The molecule has 3 aromatic rings. The molecule has 0 bridgehead atoms. The largest absolute Gasteiger partial charge is 0.497 e. The van der Waals surface area contributed by atoms with Crippen molar-refractivity contribution in [1.29, 1.82) is 5.26 Å². The van der Waals surface area contributed by atoms with Gasteiger partial charge in [-0.3, -0.25) is 9.69 Å². The predicted molar refractivity (Wildman–Crippen MR) is 162 cm³/mol. The lowest BCUT2D eigenvalue weighted by molar-refractivity contribution is -0.217. The predicted octanol–water partition coefficient (Wildman–Crippen LogP) is 6.07. The zero-order valence-corrected chi connectivity index (χ0v) is 25.7. The van der Waals surface area contributed by atoms with E-state index in [1.54, 1.807) is 36.4 Å². The number of hydrogen-bond donors (Lipinski definition) is 2. The second kappa shape index (κ2) is 13.5. The number of alkyl halides is 3. The number of piperidine rings is 1. The van der Waals surface area contributed by atoms with Crippen LogP contribution in [0.2, 0.25) is 0 Å². The van der Waals surface area contributed by atoms with Gasteiger partial charge in [0.15, 0.2) is 0 Å². The number of benzene rings is 2. The highest BCUT2D eigenvalue weighted by atomic mass is 19.4. The van der Waals surface area contributed by atoms with Gasteiger partial charge in [0.2, 0.25) is 11.9 Å². The van der Waals surface area contributed by atoms with E-state index < -0.39 is 35.4 Å². The first-order chi connectivity index (χ1) is 22.0. The SMILES string of the molecule is COc1ccc(CNc2nc(-c3ccc(C#N)c(F)c3)cc(C3(N4CC(C(N)=O)CCC4C(F)(F)F)CCCCC3)n2)c(OC)c1. The first-order valence-corrected chi connectivity index (χ1v) is 15.2. The summed E-state index contributed by atoms with van der Waals surface area (Å²) in [6.45, 7) is 0.0413. The number of nitrogens with two attached hydrogens (primary N) is 1. The monoisotopic (exact) mass is 640 g/mol. The third kappa shape index (κ3) is 6.72. The highest BCUT2D eigenvalue weighted by Gasteiger charge is 2.55. The molecule has 46 heavy (non-hydrogen) atoms. The number of amides is 1. The normalized spacial score (nSPS) is 20.0. The molecular weight excluding hydrogens is 604 g/mol. The minimum Gasteiger partial charge on any atom is -0.497 e. The van der Waals surface area contributed by atoms with E-state index in [-0.39, 0.29) is 43.1 Å². The molecule has 0 radical (unpaired) electrons. The van der Waals surface area contributed by atoms with Crippen molar-refractivity contribution in [3.05, 3.63) is 65.1 Å². The molecule has 2 unspecified atom stereocenters. The molecule has 244 valence electrons. The highest BCUT2D eigenvalue weighted by Crippen LogP contribution is 2.49. The number of hydrogen-bond acceptors (Lipinski definition) is 8. The van der Waals surface area contributed by atoms with E-state index in [1.807, 2.05) is 0 Å². The van der Waals surface area contributed by atoms with Crippen molar-refractivity contribution in [3.8, 4) is 28.8 Å². The second-order valence-corrected chi connectivity index (χ2v) is 11.8. The summed E-state index contributed by atoms with van der Waals surface area (Å²) in [4.78, 5) is 23.1. The first-order valence-electron chi connectivity index (χ1n) is 15.2. The zero-order valence-electron chi connectivity index (χ0n) is 25.7. The van der Waals surface area contributed by atoms with Crippen molar-refractivity contribution < 1.29 is 31.8 Å². The van der Waals surface area contributed by atoms with Gasteiger partial charge in [0, 0.05) is 30.3 Å². The lowest BCUT2D eigenvalue weighted by Gasteiger charge is -2.53. The maximum absolute atomic E-state index is 14.8. The molecule has 3 N–H and O–H groups in total. The van der Waals surface area contributed by atoms with Crippen LogP contribution in [0.15, 0.2) is 42.5 Å². The number of carbonyl (C=O) groups excluding carboxylic acids is 1. The van der Waals surface area contributed by atoms with Gasteiger partial charge >= 0.3 is 6.18 Å². The molecule has 1 aliphatic heterocycles. The first kappa shape index (κ1) is 32.9. The Balaban J connectivity index is 1.64. The summed E-state index contributed by atoms with van der Waals surface area (Å²) in [7, 11) is 3.06. The van der Waals surface area contributed by atoms with E-state index >= 15 is 0 Å². The van der Waals surface area contributed by atoms with Crippen LogP contribution < -0.4 is 20.5 Å². The van der Waals surface area contributed by atoms with Gasteiger partial charge in [0.1, 0.15) is 29.4 Å². The van der Waals surface area contributed by atoms with Crippen molar-refractivity contribution in [2.75, 3.05) is 26.1 Å². The molecule has 1 aromatic heterocycles. The van der Waals surface area contributed by atoms with Gasteiger partial charge in [-0.15, -0.1) is 0 Å². The van der Waals surface area contributed by atoms with Crippen LogP contribution in [-0.2, 0) is 16.9 Å². The number of nitrogens with one attached hydrogen (secondary N) is 1. The number of carbonyl (C=O) groups is 1. The highest BCUT2D eigenvalue weighted by molar-refractivity contribution is 5.77. The van der Waals surface area contributed by atoms with Gasteiger partial charge in [-0.2, -0.15) is 18.4 Å². The second-order valence-electron chi connectivity index (χ2n) is 11.8. The molecule has 2 heterocycles. The van der Waals surface area contributed by atoms with Crippen molar-refractivity contribution >= 4 is 11.9 Å². The lowest BCUT2D eigenvalue weighted by atomic mass is 9.74. The number of rotatable bonds is 9. The van der Waals surface area contributed by atoms with Crippen molar-refractivity contribution in [3.63, 3.8) is 0 Å². The number of methoxy groups -OCH3 is 2. The van der Waals surface area contributed by atoms with E-state index in [1.165, 1.54) is 31.3 Å². The maximum Gasteiger partial charge on any atom is 0.404 e. The van der Waals surface area contributed by atoms with Crippen LogP contribution in [0.1, 0.15) is 61.8 Å². The number of primary amides is 1. The summed E-state index contributed by atoms with van der Waals surface area (Å²) in [6, 6.07) is 10.9. The molecule has 13 heteroatoms. The molecule has 1 saturated heterocycles. The van der Waals surface area contributed by atoms with E-state index in [0.717, 1.165) is 12.0 Å². The van der Waals surface area contributed by atoms with Gasteiger partial charge in [0.25, 0.3) is 0 Å². The average Bonchev–Trinajstić information content (AvgIpc) is 3.06. The molecule has 1 aliphatic carbocycles. The number of nitriles is 1. The maximum atomic E-state index is 14.8. The fourth-order valence-corrected chi connectivity index (χ4v) is 6.69. The summed E-state index contributed by atoms with van der Waals surface area (Å²) >= 11 is 0. The number of halogens is 4. The summed E-state index contributed by atoms with van der Waals surface area (Å²) in [5.74, 6) is -0.872. The van der Waals surface area contributed by atoms with Crippen LogP contribution in [0, 0.1) is 23.1 Å². The Bertz CT molecular complexity index is 1620. The number of nitrogens with zero attached hydrogens (tertiary/aromatic N) is 4. The summed E-state index contributed by atoms with van der Waals surface area (Å²) in [5.41, 5.74) is 5.98. The summed E-state index contributed by atoms with van der Waals surface area (Å²) < 4.78 is 69.5. The Morgan fingerprint density at radius 3 is 2.48 bits per heavy atom. The molecule has 1 saturated carbocycles. The Kier molecular flexibility index (Phi) is 9.67. The third-order valence-corrected chi connectivity index (χ3v) is 9.11. The van der Waals surface area contributed by atoms with Crippen molar-refractivity contribution in [2.24, 2.45) is 11.7 Å². The van der Waals surface area contributed by atoms with Crippen LogP contribution in [0.25, 0.3) is 11.3 Å². The number of anilines is 1. The Morgan fingerprint density at radius 2 is 1.85 bits per heavy atom. The smallest absolute Gasteiger partial charge is 0.404 e. The van der Waals surface area contributed by atoms with E-state index in [2.05, 4.69) is 10.3 Å². The average molecular weight is 641 g/mol. The summed E-state index contributed by atoms with van der Waals surface area (Å²) in [6.07, 6.45) is -1.89. The van der Waals surface area contributed by atoms with Crippen molar-refractivity contribution in [1.82, 2.24) is 14.9 Å². The molecule has 5 rings (SSSR count). The van der Waals surface area contributed by atoms with Gasteiger partial charge in [-0.1, -0.05) is 25.3 Å². The van der Waals surface area contributed by atoms with E-state index in [0.29, 0.717) is 48.4 Å². The number of ether oxygens (including phenoxy) is 2. The van der Waals surface area contributed by atoms with E-state index in [9.17, 15) is 27.6 Å². The molecule has 9 nitrogen and oxygen atoms in total. The minimum absolute atomic E-state index is 0.0438. The fourth-order valence-electron chi connectivity index (χ4n) is 6.69. The molecule has 2 aliphatic rings. The third-order valence-electron chi connectivity index (χ3n) is 9.11. The van der Waals surface area contributed by atoms with Crippen LogP contribution in [0.5, 0.6) is 11.5 Å². The van der Waals surface area contributed by atoms with Crippen LogP contribution >= 0.6 is 0 Å². The molecule has 2 aromatic carbocycles. The number of aromatic nitrogens is 2. The van der Waals surface area contributed by atoms with Gasteiger partial charge < -0.3 is 20.5 Å². The van der Waals surface area contributed by atoms with Gasteiger partial charge in [0.05, 0.1) is 42.6 Å². The molecule has 2 atom stereocenters. The number of likely N-dealkylation sites (tertiary alicyclic amines) is 1. The van der Waals surface area contributed by atoms with Crippen LogP contribution in [0.4, 0.5) is 23.5 Å². The minimum atomic E-state index is -4.55. The summed E-state index contributed by atoms with van der Waals surface area (Å²) in [5, 5.41) is 12.4. The quantitative estimate of drug-likeness (QED) is 0.270. The van der Waals surface area contributed by atoms with Crippen LogP contribution in [-0.4, -0.2) is 53.8 Å². The topological polar surface area (TPSA) is 126 Å². The Morgan fingerprint density at radius 1 is 1.09 bits per heavy atom. The van der Waals surface area contributed by atoms with E-state index in [4.69, 9.17) is 20.2 Å². The standard InChI is InChI=1S/C33H36F4N6O3/c1-45-24-10-8-22(27(15-24)46-2)18-40-31-41-26(20-6-7-21(17-38)25(34)14-20)16-28(42-31)32(12-4-3-5-13-32)43-19-23(30(39)44)9-11-29(43)33(35,36)37/h6-8,10,14-16,23,29H,3-5,9,11-13,18-19H2,1-2H3,(H2,39,44)(H,40,41,42). The Labute approximate surface area is 264 Å². The van der Waals surface area contributed by atoms with Gasteiger partial charge in [-0.25, -0.2) is 14.4 Å². The van der Waals surface area contributed by atoms with Crippen molar-refractivity contribution in [2.45, 2.75) is 69.2 Å². The zero-order chi connectivity index (χ0) is 33.1. The molecule has 2 fully saturated rings. The van der Waals surface area contributed by atoms with Crippen LogP contribution in [0.3, 0.4) is 0 Å². The van der Waals surface area contributed by atoms with Gasteiger partial charge in [-0.05, 0) is 56.0 Å². The fraction of sp³-hybridized carbons (Fsp3) is 0.455. The lowest BCUT2D eigenvalue weighted by Crippen LogP contribution is -2.62. The molecule has 0 spiro atoms. The molecular formula is C33H36F4N6O3.